The Hall–Kier alpha value is -3.24. The fourth-order valence-electron chi connectivity index (χ4n) is 2.82. The van der Waals surface area contributed by atoms with Gasteiger partial charge in [0.05, 0.1) is 24.1 Å². The van der Waals surface area contributed by atoms with Crippen LogP contribution >= 0.6 is 24.0 Å². The van der Waals surface area contributed by atoms with E-state index in [9.17, 15) is 18.0 Å². The number of carbonyl (C=O) groups excluding carboxylic acids is 1. The van der Waals surface area contributed by atoms with Gasteiger partial charge < -0.3 is 20.7 Å². The van der Waals surface area contributed by atoms with E-state index < -0.39 is 17.6 Å². The lowest BCUT2D eigenvalue weighted by Crippen LogP contribution is -2.19. The maximum Gasteiger partial charge on any atom is 0.416 e. The van der Waals surface area contributed by atoms with Crippen molar-refractivity contribution in [1.82, 2.24) is 0 Å². The Labute approximate surface area is 198 Å². The zero-order chi connectivity index (χ0) is 23.8. The second kappa shape index (κ2) is 11.1. The van der Waals surface area contributed by atoms with Gasteiger partial charge in [-0.1, -0.05) is 24.3 Å². The first-order valence-corrected chi connectivity index (χ1v) is 11.0. The van der Waals surface area contributed by atoms with Crippen LogP contribution in [0.3, 0.4) is 0 Å². The van der Waals surface area contributed by atoms with E-state index in [0.29, 0.717) is 22.2 Å². The number of thiocarbonyl (C=S) groups is 1. The van der Waals surface area contributed by atoms with Crippen LogP contribution in [0, 0.1) is 0 Å². The van der Waals surface area contributed by atoms with Crippen LogP contribution in [0.25, 0.3) is 0 Å². The first-order chi connectivity index (χ1) is 15.7. The molecule has 0 saturated heterocycles. The van der Waals surface area contributed by atoms with E-state index in [-0.39, 0.29) is 11.4 Å². The second-order valence-electron chi connectivity index (χ2n) is 6.72. The minimum atomic E-state index is -4.47. The minimum absolute atomic E-state index is 0.0314. The molecule has 0 aliphatic rings. The molecule has 0 spiro atoms. The summed E-state index contributed by atoms with van der Waals surface area (Å²) in [5.41, 5.74) is 0.711. The number of rotatable bonds is 7. The Bertz CT molecular complexity index is 1140. The van der Waals surface area contributed by atoms with Crippen molar-refractivity contribution in [1.29, 1.82) is 0 Å². The number of carbonyl (C=O) groups is 1. The molecule has 0 aliphatic heterocycles. The highest BCUT2D eigenvalue weighted by molar-refractivity contribution is 8.00. The fraction of sp³-hybridized carbons (Fsp3) is 0.130. The van der Waals surface area contributed by atoms with Crippen LogP contribution < -0.4 is 20.7 Å². The van der Waals surface area contributed by atoms with Gasteiger partial charge in [-0.15, -0.1) is 11.8 Å². The second-order valence-corrected chi connectivity index (χ2v) is 8.18. The number of thioether (sulfide) groups is 1. The average molecular weight is 492 g/mol. The zero-order valence-electron chi connectivity index (χ0n) is 17.4. The lowest BCUT2D eigenvalue weighted by atomic mass is 10.2. The van der Waals surface area contributed by atoms with Gasteiger partial charge in [-0.05, 0) is 60.7 Å². The third-order valence-corrected chi connectivity index (χ3v) is 5.49. The first kappa shape index (κ1) is 24.4. The Morgan fingerprint density at radius 1 is 0.939 bits per heavy atom. The summed E-state index contributed by atoms with van der Waals surface area (Å²) in [6, 6.07) is 19.2. The number of nitrogens with one attached hydrogen (secondary N) is 3. The van der Waals surface area contributed by atoms with E-state index in [1.165, 1.54) is 23.9 Å². The minimum Gasteiger partial charge on any atom is -0.495 e. The van der Waals surface area contributed by atoms with E-state index >= 15 is 0 Å². The van der Waals surface area contributed by atoms with E-state index in [1.54, 1.807) is 13.2 Å². The topological polar surface area (TPSA) is 62.4 Å². The third kappa shape index (κ3) is 7.40. The van der Waals surface area contributed by atoms with Crippen LogP contribution in [0.4, 0.5) is 30.2 Å². The average Bonchev–Trinajstić information content (AvgIpc) is 2.78. The smallest absolute Gasteiger partial charge is 0.416 e. The molecule has 5 nitrogen and oxygen atoms in total. The number of halogens is 3. The SMILES string of the molecule is COc1ccccc1NC(=S)Nc1cccc(SCC(=O)Nc2cccc(C(F)(F)F)c2)c1. The molecule has 0 saturated carbocycles. The number of hydrogen-bond donors (Lipinski definition) is 3. The standard InChI is InChI=1S/C23H20F3N3O2S2/c1-31-20-11-3-2-10-19(20)29-22(32)28-17-8-5-9-18(13-17)33-14-21(30)27-16-7-4-6-15(12-16)23(24,25)26/h2-13H,14H2,1H3,(H,27,30)(H2,28,29,32). The van der Waals surface area contributed by atoms with E-state index in [4.69, 9.17) is 17.0 Å². The quantitative estimate of drug-likeness (QED) is 0.268. The van der Waals surface area contributed by atoms with Crippen LogP contribution in [0.15, 0.2) is 77.7 Å². The Kier molecular flexibility index (Phi) is 8.18. The number of hydrogen-bond acceptors (Lipinski definition) is 4. The molecule has 3 aromatic rings. The van der Waals surface area contributed by atoms with Crippen molar-refractivity contribution in [2.24, 2.45) is 0 Å². The molecule has 3 rings (SSSR count). The van der Waals surface area contributed by atoms with E-state index in [0.717, 1.165) is 17.0 Å². The molecule has 0 aromatic heterocycles. The lowest BCUT2D eigenvalue weighted by Gasteiger charge is -2.14. The van der Waals surface area contributed by atoms with Crippen molar-refractivity contribution in [2.45, 2.75) is 11.1 Å². The van der Waals surface area contributed by atoms with Gasteiger partial charge in [-0.3, -0.25) is 4.79 Å². The van der Waals surface area contributed by atoms with Crippen molar-refractivity contribution in [3.63, 3.8) is 0 Å². The molecule has 0 atom stereocenters. The van der Waals surface area contributed by atoms with Crippen LogP contribution in [0.5, 0.6) is 5.75 Å². The highest BCUT2D eigenvalue weighted by Gasteiger charge is 2.30. The van der Waals surface area contributed by atoms with E-state index in [2.05, 4.69) is 16.0 Å². The number of benzene rings is 3. The van der Waals surface area contributed by atoms with Gasteiger partial charge >= 0.3 is 6.18 Å². The lowest BCUT2D eigenvalue weighted by molar-refractivity contribution is -0.137. The number of anilines is 3. The first-order valence-electron chi connectivity index (χ1n) is 9.65. The fourth-order valence-corrected chi connectivity index (χ4v) is 3.80. The monoisotopic (exact) mass is 491 g/mol. The number of amides is 1. The van der Waals surface area contributed by atoms with Gasteiger partial charge in [0.2, 0.25) is 5.91 Å². The summed E-state index contributed by atoms with van der Waals surface area (Å²) in [4.78, 5) is 13.0. The summed E-state index contributed by atoms with van der Waals surface area (Å²) in [6.07, 6.45) is -4.47. The van der Waals surface area contributed by atoms with Crippen molar-refractivity contribution in [2.75, 3.05) is 28.8 Å². The van der Waals surface area contributed by atoms with Gasteiger partial charge in [-0.25, -0.2) is 0 Å². The molecular weight excluding hydrogens is 471 g/mol. The summed E-state index contributed by atoms with van der Waals surface area (Å²) in [5.74, 6) is 0.271. The van der Waals surface area contributed by atoms with Gasteiger partial charge in [0.25, 0.3) is 0 Å². The summed E-state index contributed by atoms with van der Waals surface area (Å²) in [6.45, 7) is 0. The summed E-state index contributed by atoms with van der Waals surface area (Å²) in [7, 11) is 1.57. The van der Waals surface area contributed by atoms with Crippen molar-refractivity contribution in [3.8, 4) is 5.75 Å². The molecule has 3 aromatic carbocycles. The van der Waals surface area contributed by atoms with Gasteiger partial charge in [0.15, 0.2) is 5.11 Å². The predicted octanol–water partition coefficient (Wildman–Crippen LogP) is 6.25. The van der Waals surface area contributed by atoms with Crippen LogP contribution in [-0.4, -0.2) is 23.9 Å². The maximum absolute atomic E-state index is 12.8. The molecule has 172 valence electrons. The third-order valence-electron chi connectivity index (χ3n) is 4.29. The maximum atomic E-state index is 12.8. The highest BCUT2D eigenvalue weighted by Crippen LogP contribution is 2.31. The van der Waals surface area contributed by atoms with Gasteiger partial charge in [0, 0.05) is 16.3 Å². The van der Waals surface area contributed by atoms with Crippen molar-refractivity contribution < 1.29 is 22.7 Å². The normalized spacial score (nSPS) is 10.9. The van der Waals surface area contributed by atoms with Crippen LogP contribution in [0.2, 0.25) is 0 Å². The molecule has 0 fully saturated rings. The molecule has 0 aliphatic carbocycles. The Morgan fingerprint density at radius 3 is 2.36 bits per heavy atom. The van der Waals surface area contributed by atoms with Crippen LogP contribution in [-0.2, 0) is 11.0 Å². The predicted molar refractivity (Wildman–Crippen MR) is 130 cm³/mol. The molecule has 1 amide bonds. The summed E-state index contributed by atoms with van der Waals surface area (Å²) >= 11 is 6.61. The van der Waals surface area contributed by atoms with Crippen LogP contribution in [0.1, 0.15) is 5.56 Å². The molecular formula is C23H20F3N3O2S2. The molecule has 10 heteroatoms. The summed E-state index contributed by atoms with van der Waals surface area (Å²) in [5, 5.41) is 9.00. The Morgan fingerprint density at radius 2 is 1.64 bits per heavy atom. The van der Waals surface area contributed by atoms with Gasteiger partial charge in [0.1, 0.15) is 5.75 Å². The molecule has 0 unspecified atom stereocenters. The number of alkyl halides is 3. The number of para-hydroxylation sites is 2. The Balaban J connectivity index is 1.54. The van der Waals surface area contributed by atoms with Gasteiger partial charge in [-0.2, -0.15) is 13.2 Å². The number of methoxy groups -OCH3 is 1. The summed E-state index contributed by atoms with van der Waals surface area (Å²) < 4.78 is 43.7. The molecule has 3 N–H and O–H groups in total. The highest BCUT2D eigenvalue weighted by atomic mass is 32.2. The largest absolute Gasteiger partial charge is 0.495 e. The zero-order valence-corrected chi connectivity index (χ0v) is 19.0. The van der Waals surface area contributed by atoms with Crippen molar-refractivity contribution in [3.05, 3.63) is 78.4 Å². The molecule has 33 heavy (non-hydrogen) atoms. The van der Waals surface area contributed by atoms with E-state index in [1.807, 2.05) is 42.5 Å². The molecule has 0 bridgehead atoms. The number of ether oxygens (including phenoxy) is 1. The van der Waals surface area contributed by atoms with Crippen molar-refractivity contribution >= 4 is 52.1 Å². The molecule has 0 heterocycles. The molecule has 0 radical (unpaired) electrons.